The monoisotopic (exact) mass is 249 g/mol. The molecule has 76 valence electrons. The number of ether oxygens (including phenoxy) is 1. The summed E-state index contributed by atoms with van der Waals surface area (Å²) in [6.07, 6.45) is 2.77. The van der Waals surface area contributed by atoms with Crippen LogP contribution >= 0.6 is 15.9 Å². The van der Waals surface area contributed by atoms with E-state index >= 15 is 0 Å². The minimum absolute atomic E-state index is 0.135. The van der Waals surface area contributed by atoms with Crippen molar-refractivity contribution in [1.29, 1.82) is 0 Å². The molecule has 0 radical (unpaired) electrons. The molecule has 1 atom stereocenters. The van der Waals surface area contributed by atoms with Gasteiger partial charge in [0.05, 0.1) is 0 Å². The lowest BCUT2D eigenvalue weighted by Gasteiger charge is -2.07. The van der Waals surface area contributed by atoms with Crippen LogP contribution in [0.2, 0.25) is 0 Å². The number of carbonyl (C=O) groups excluding carboxylic acids is 1. The van der Waals surface area contributed by atoms with E-state index in [4.69, 9.17) is 4.74 Å². The first kappa shape index (κ1) is 11.0. The van der Waals surface area contributed by atoms with Crippen molar-refractivity contribution in [1.82, 2.24) is 5.32 Å². The zero-order valence-corrected chi connectivity index (χ0v) is 9.31. The second kappa shape index (κ2) is 6.38. The number of amides is 1. The lowest BCUT2D eigenvalue weighted by Crippen LogP contribution is -2.26. The van der Waals surface area contributed by atoms with E-state index in [2.05, 4.69) is 21.2 Å². The van der Waals surface area contributed by atoms with Crippen molar-refractivity contribution in [2.24, 2.45) is 5.92 Å². The fraction of sp³-hybridized carbons (Fsp3) is 0.889. The number of hydrogen-bond acceptors (Lipinski definition) is 2. The zero-order chi connectivity index (χ0) is 9.52. The quantitative estimate of drug-likeness (QED) is 0.747. The number of carbonyl (C=O) groups is 1. The summed E-state index contributed by atoms with van der Waals surface area (Å²) in [5.41, 5.74) is 0. The molecule has 13 heavy (non-hydrogen) atoms. The van der Waals surface area contributed by atoms with Crippen LogP contribution in [0, 0.1) is 5.92 Å². The van der Waals surface area contributed by atoms with E-state index in [1.165, 1.54) is 0 Å². The Labute approximate surface area is 87.3 Å². The summed E-state index contributed by atoms with van der Waals surface area (Å²) in [5, 5.41) is 3.63. The van der Waals surface area contributed by atoms with Crippen molar-refractivity contribution < 1.29 is 9.53 Å². The van der Waals surface area contributed by atoms with Crippen LogP contribution in [0.25, 0.3) is 0 Å². The van der Waals surface area contributed by atoms with E-state index in [9.17, 15) is 4.79 Å². The van der Waals surface area contributed by atoms with Gasteiger partial charge in [0.15, 0.2) is 0 Å². The summed E-state index contributed by atoms with van der Waals surface area (Å²) in [6, 6.07) is 0. The molecule has 1 rings (SSSR count). The first-order valence-electron chi connectivity index (χ1n) is 4.73. The van der Waals surface area contributed by atoms with Crippen molar-refractivity contribution in [3.63, 3.8) is 0 Å². The third-order valence-corrected chi connectivity index (χ3v) is 2.62. The SMILES string of the molecule is O=C(CCBr)NCCC1CCOC1. The van der Waals surface area contributed by atoms with E-state index in [-0.39, 0.29) is 5.91 Å². The zero-order valence-electron chi connectivity index (χ0n) is 7.72. The molecule has 1 aliphatic rings. The first-order chi connectivity index (χ1) is 6.33. The third kappa shape index (κ3) is 4.62. The molecule has 4 heteroatoms. The molecule has 1 aliphatic heterocycles. The van der Waals surface area contributed by atoms with Gasteiger partial charge in [-0.2, -0.15) is 0 Å². The second-order valence-corrected chi connectivity index (χ2v) is 4.10. The molecule has 3 nitrogen and oxygen atoms in total. The van der Waals surface area contributed by atoms with Gasteiger partial charge in [-0.05, 0) is 18.8 Å². The standard InChI is InChI=1S/C9H16BrNO2/c10-4-1-9(12)11-5-2-8-3-6-13-7-8/h8H,1-7H2,(H,11,12). The highest BCUT2D eigenvalue weighted by Gasteiger charge is 2.14. The van der Waals surface area contributed by atoms with Crippen LogP contribution in [-0.4, -0.2) is 31.0 Å². The van der Waals surface area contributed by atoms with Crippen LogP contribution in [-0.2, 0) is 9.53 Å². The van der Waals surface area contributed by atoms with Gasteiger partial charge >= 0.3 is 0 Å². The summed E-state index contributed by atoms with van der Waals surface area (Å²) in [4.78, 5) is 11.0. The van der Waals surface area contributed by atoms with Crippen molar-refractivity contribution in [2.75, 3.05) is 25.1 Å². The van der Waals surface area contributed by atoms with Gasteiger partial charge in [-0.15, -0.1) is 0 Å². The van der Waals surface area contributed by atoms with Gasteiger partial charge in [0.1, 0.15) is 0 Å². The maximum Gasteiger partial charge on any atom is 0.220 e. The van der Waals surface area contributed by atoms with E-state index in [0.29, 0.717) is 12.3 Å². The molecular weight excluding hydrogens is 234 g/mol. The van der Waals surface area contributed by atoms with Crippen LogP contribution in [0.3, 0.4) is 0 Å². The number of nitrogens with one attached hydrogen (secondary N) is 1. The molecular formula is C9H16BrNO2. The average Bonchev–Trinajstić information content (AvgIpc) is 2.57. The van der Waals surface area contributed by atoms with Gasteiger partial charge < -0.3 is 10.1 Å². The minimum Gasteiger partial charge on any atom is -0.381 e. The molecule has 0 saturated carbocycles. The van der Waals surface area contributed by atoms with Gasteiger partial charge in [0, 0.05) is 31.5 Å². The van der Waals surface area contributed by atoms with Gasteiger partial charge in [0.25, 0.3) is 0 Å². The van der Waals surface area contributed by atoms with Crippen LogP contribution in [0.1, 0.15) is 19.3 Å². The summed E-state index contributed by atoms with van der Waals surface area (Å²) in [6.45, 7) is 2.55. The molecule has 1 amide bonds. The predicted octanol–water partition coefficient (Wildman–Crippen LogP) is 1.31. The summed E-state index contributed by atoms with van der Waals surface area (Å²) >= 11 is 3.23. The predicted molar refractivity (Wildman–Crippen MR) is 55.0 cm³/mol. The van der Waals surface area contributed by atoms with Gasteiger partial charge in [-0.3, -0.25) is 4.79 Å². The highest BCUT2D eigenvalue weighted by molar-refractivity contribution is 9.09. The van der Waals surface area contributed by atoms with Crippen LogP contribution in [0.15, 0.2) is 0 Å². The van der Waals surface area contributed by atoms with Crippen molar-refractivity contribution >= 4 is 21.8 Å². The van der Waals surface area contributed by atoms with E-state index in [0.717, 1.165) is 37.9 Å². The smallest absolute Gasteiger partial charge is 0.220 e. The van der Waals surface area contributed by atoms with E-state index in [1.54, 1.807) is 0 Å². The fourth-order valence-electron chi connectivity index (χ4n) is 1.40. The van der Waals surface area contributed by atoms with Crippen molar-refractivity contribution in [3.05, 3.63) is 0 Å². The summed E-state index contributed by atoms with van der Waals surface area (Å²) in [5.74, 6) is 0.792. The molecule has 1 unspecified atom stereocenters. The molecule has 1 fully saturated rings. The molecule has 1 saturated heterocycles. The second-order valence-electron chi connectivity index (χ2n) is 3.31. The fourth-order valence-corrected chi connectivity index (χ4v) is 1.76. The molecule has 0 aromatic heterocycles. The van der Waals surface area contributed by atoms with Gasteiger partial charge in [-0.25, -0.2) is 0 Å². The summed E-state index contributed by atoms with van der Waals surface area (Å²) in [7, 11) is 0. The number of rotatable bonds is 5. The Morgan fingerprint density at radius 1 is 1.62 bits per heavy atom. The number of halogens is 1. The van der Waals surface area contributed by atoms with Gasteiger partial charge in [-0.1, -0.05) is 15.9 Å². The highest BCUT2D eigenvalue weighted by atomic mass is 79.9. The molecule has 0 aromatic rings. The number of alkyl halides is 1. The Hall–Kier alpha value is -0.0900. The largest absolute Gasteiger partial charge is 0.381 e. The highest BCUT2D eigenvalue weighted by Crippen LogP contribution is 2.15. The third-order valence-electron chi connectivity index (χ3n) is 2.22. The minimum atomic E-state index is 0.135. The Morgan fingerprint density at radius 2 is 2.46 bits per heavy atom. The summed E-state index contributed by atoms with van der Waals surface area (Å²) < 4.78 is 5.24. The molecule has 1 heterocycles. The Bertz CT molecular complexity index is 158. The van der Waals surface area contributed by atoms with Crippen molar-refractivity contribution in [2.45, 2.75) is 19.3 Å². The topological polar surface area (TPSA) is 38.3 Å². The molecule has 0 spiro atoms. The Kier molecular flexibility index (Phi) is 5.39. The first-order valence-corrected chi connectivity index (χ1v) is 5.85. The maximum atomic E-state index is 11.0. The Balaban J connectivity index is 1.96. The molecule has 0 aliphatic carbocycles. The molecule has 0 bridgehead atoms. The normalized spacial score (nSPS) is 21.8. The van der Waals surface area contributed by atoms with Crippen LogP contribution < -0.4 is 5.32 Å². The maximum absolute atomic E-state index is 11.0. The molecule has 0 aromatic carbocycles. The van der Waals surface area contributed by atoms with Crippen LogP contribution in [0.4, 0.5) is 0 Å². The van der Waals surface area contributed by atoms with E-state index in [1.807, 2.05) is 0 Å². The van der Waals surface area contributed by atoms with E-state index < -0.39 is 0 Å². The average molecular weight is 250 g/mol. The lowest BCUT2D eigenvalue weighted by atomic mass is 10.1. The van der Waals surface area contributed by atoms with Gasteiger partial charge in [0.2, 0.25) is 5.91 Å². The molecule has 1 N–H and O–H groups in total. The van der Waals surface area contributed by atoms with Crippen LogP contribution in [0.5, 0.6) is 0 Å². The lowest BCUT2D eigenvalue weighted by molar-refractivity contribution is -0.120. The van der Waals surface area contributed by atoms with Crippen molar-refractivity contribution in [3.8, 4) is 0 Å². The number of hydrogen-bond donors (Lipinski definition) is 1. The Morgan fingerprint density at radius 3 is 3.08 bits per heavy atom.